The molecule has 1 atom stereocenters. The van der Waals surface area contributed by atoms with Gasteiger partial charge in [-0.1, -0.05) is 12.1 Å². The molecule has 2 N–H and O–H groups in total. The van der Waals surface area contributed by atoms with Crippen molar-refractivity contribution in [2.24, 2.45) is 0 Å². The van der Waals surface area contributed by atoms with Gasteiger partial charge in [0.05, 0.1) is 0 Å². The van der Waals surface area contributed by atoms with Gasteiger partial charge in [0.25, 0.3) is 5.91 Å². The summed E-state index contributed by atoms with van der Waals surface area (Å²) in [5.41, 5.74) is 6.81. The van der Waals surface area contributed by atoms with Gasteiger partial charge in [0.15, 0.2) is 0 Å². The molecule has 0 saturated carbocycles. The monoisotopic (exact) mass is 248 g/mol. The first-order valence-electron chi connectivity index (χ1n) is 6.25. The van der Waals surface area contributed by atoms with Gasteiger partial charge in [-0.05, 0) is 37.5 Å². The molecule has 1 unspecified atom stereocenters. The van der Waals surface area contributed by atoms with E-state index in [9.17, 15) is 4.79 Å². The molecule has 1 heterocycles. The molecule has 0 radical (unpaired) electrons. The third-order valence-corrected chi connectivity index (χ3v) is 3.42. The molecule has 98 valence electrons. The van der Waals surface area contributed by atoms with Gasteiger partial charge >= 0.3 is 0 Å². The Kier molecular flexibility index (Phi) is 3.57. The molecule has 0 spiro atoms. The molecule has 1 aromatic rings. The van der Waals surface area contributed by atoms with Crippen LogP contribution < -0.4 is 5.73 Å². The second kappa shape index (κ2) is 4.98. The Morgan fingerprint density at radius 2 is 2.11 bits per heavy atom. The SMILES string of the molecule is CN(Cc1ccc(N)cc1)C(=O)C1(C)CCCO1. The fourth-order valence-electron chi connectivity index (χ4n) is 2.32. The first-order valence-corrected chi connectivity index (χ1v) is 6.25. The zero-order valence-corrected chi connectivity index (χ0v) is 11.0. The van der Waals surface area contributed by atoms with E-state index < -0.39 is 5.60 Å². The van der Waals surface area contributed by atoms with Gasteiger partial charge in [-0.2, -0.15) is 0 Å². The lowest BCUT2D eigenvalue weighted by molar-refractivity contribution is -0.150. The minimum Gasteiger partial charge on any atom is -0.399 e. The molecule has 1 aromatic carbocycles. The van der Waals surface area contributed by atoms with Crippen LogP contribution in [0.25, 0.3) is 0 Å². The molecular weight excluding hydrogens is 228 g/mol. The van der Waals surface area contributed by atoms with Gasteiger partial charge in [0.2, 0.25) is 0 Å². The second-order valence-electron chi connectivity index (χ2n) is 5.09. The summed E-state index contributed by atoms with van der Waals surface area (Å²) in [6.07, 6.45) is 1.76. The molecule has 4 nitrogen and oxygen atoms in total. The van der Waals surface area contributed by atoms with E-state index in [0.29, 0.717) is 13.2 Å². The van der Waals surface area contributed by atoms with Gasteiger partial charge in [-0.25, -0.2) is 0 Å². The standard InChI is InChI=1S/C14H20N2O2/c1-14(8-3-9-18-14)13(17)16(2)10-11-4-6-12(15)7-5-11/h4-7H,3,8-10,15H2,1-2H3. The van der Waals surface area contributed by atoms with Crippen molar-refractivity contribution < 1.29 is 9.53 Å². The number of likely N-dealkylation sites (N-methyl/N-ethyl adjacent to an activating group) is 1. The predicted octanol–water partition coefficient (Wildman–Crippen LogP) is 1.80. The highest BCUT2D eigenvalue weighted by atomic mass is 16.5. The van der Waals surface area contributed by atoms with Gasteiger partial charge in [0, 0.05) is 25.9 Å². The number of rotatable bonds is 3. The number of nitrogens with zero attached hydrogens (tertiary/aromatic N) is 1. The minimum atomic E-state index is -0.636. The average molecular weight is 248 g/mol. The lowest BCUT2D eigenvalue weighted by Crippen LogP contribution is -2.44. The van der Waals surface area contributed by atoms with Crippen molar-refractivity contribution in [1.29, 1.82) is 0 Å². The maximum Gasteiger partial charge on any atom is 0.254 e. The van der Waals surface area contributed by atoms with Crippen LogP contribution in [-0.2, 0) is 16.1 Å². The number of hydrogen-bond acceptors (Lipinski definition) is 3. The molecule has 0 aliphatic carbocycles. The van der Waals surface area contributed by atoms with E-state index in [0.717, 1.165) is 24.1 Å². The number of amides is 1. The van der Waals surface area contributed by atoms with Crippen molar-refractivity contribution in [3.8, 4) is 0 Å². The van der Waals surface area contributed by atoms with Crippen molar-refractivity contribution in [1.82, 2.24) is 4.90 Å². The van der Waals surface area contributed by atoms with Crippen molar-refractivity contribution in [3.63, 3.8) is 0 Å². The van der Waals surface area contributed by atoms with E-state index >= 15 is 0 Å². The smallest absolute Gasteiger partial charge is 0.254 e. The number of anilines is 1. The minimum absolute atomic E-state index is 0.0526. The summed E-state index contributed by atoms with van der Waals surface area (Å²) in [6.45, 7) is 3.14. The zero-order chi connectivity index (χ0) is 13.2. The third-order valence-electron chi connectivity index (χ3n) is 3.42. The summed E-state index contributed by atoms with van der Waals surface area (Å²) in [6, 6.07) is 7.58. The second-order valence-corrected chi connectivity index (χ2v) is 5.09. The van der Waals surface area contributed by atoms with E-state index in [2.05, 4.69) is 0 Å². The Morgan fingerprint density at radius 3 is 2.67 bits per heavy atom. The van der Waals surface area contributed by atoms with Crippen LogP contribution in [0, 0.1) is 0 Å². The normalized spacial score (nSPS) is 23.0. The first kappa shape index (κ1) is 12.9. The van der Waals surface area contributed by atoms with E-state index in [1.165, 1.54) is 0 Å². The summed E-state index contributed by atoms with van der Waals surface area (Å²) < 4.78 is 5.57. The van der Waals surface area contributed by atoms with Crippen LogP contribution in [-0.4, -0.2) is 30.1 Å². The molecule has 18 heavy (non-hydrogen) atoms. The van der Waals surface area contributed by atoms with E-state index in [4.69, 9.17) is 10.5 Å². The van der Waals surface area contributed by atoms with Crippen LogP contribution in [0.2, 0.25) is 0 Å². The third kappa shape index (κ3) is 2.64. The van der Waals surface area contributed by atoms with Crippen LogP contribution in [0.1, 0.15) is 25.3 Å². The Labute approximate surface area is 108 Å². The van der Waals surface area contributed by atoms with Gasteiger partial charge in [0.1, 0.15) is 5.60 Å². The molecule has 4 heteroatoms. The average Bonchev–Trinajstić information content (AvgIpc) is 2.79. The fraction of sp³-hybridized carbons (Fsp3) is 0.500. The van der Waals surface area contributed by atoms with Crippen molar-refractivity contribution >= 4 is 11.6 Å². The Morgan fingerprint density at radius 1 is 1.44 bits per heavy atom. The number of nitrogens with two attached hydrogens (primary N) is 1. The maximum absolute atomic E-state index is 12.3. The Hall–Kier alpha value is -1.55. The molecule has 2 rings (SSSR count). The molecule has 1 aliphatic rings. The van der Waals surface area contributed by atoms with Crippen LogP contribution in [0.3, 0.4) is 0 Å². The van der Waals surface area contributed by atoms with E-state index in [1.807, 2.05) is 38.2 Å². The van der Waals surface area contributed by atoms with Crippen molar-refractivity contribution in [2.45, 2.75) is 31.9 Å². The molecule has 1 amide bonds. The van der Waals surface area contributed by atoms with Crippen LogP contribution in [0.15, 0.2) is 24.3 Å². The molecule has 1 saturated heterocycles. The van der Waals surface area contributed by atoms with E-state index in [1.54, 1.807) is 4.90 Å². The van der Waals surface area contributed by atoms with Crippen LogP contribution in [0.5, 0.6) is 0 Å². The topological polar surface area (TPSA) is 55.6 Å². The number of ether oxygens (including phenoxy) is 1. The summed E-state index contributed by atoms with van der Waals surface area (Å²) in [5.74, 6) is 0.0526. The van der Waals surface area contributed by atoms with Crippen molar-refractivity contribution in [3.05, 3.63) is 29.8 Å². The van der Waals surface area contributed by atoms with Crippen LogP contribution >= 0.6 is 0 Å². The fourth-order valence-corrected chi connectivity index (χ4v) is 2.32. The predicted molar refractivity (Wildman–Crippen MR) is 70.9 cm³/mol. The Bertz CT molecular complexity index is 422. The first-order chi connectivity index (χ1) is 8.51. The number of carbonyl (C=O) groups is 1. The quantitative estimate of drug-likeness (QED) is 0.830. The number of hydrogen-bond donors (Lipinski definition) is 1. The summed E-state index contributed by atoms with van der Waals surface area (Å²) >= 11 is 0. The largest absolute Gasteiger partial charge is 0.399 e. The lowest BCUT2D eigenvalue weighted by Gasteiger charge is -2.28. The molecule has 1 aliphatic heterocycles. The summed E-state index contributed by atoms with van der Waals surface area (Å²) in [4.78, 5) is 14.0. The van der Waals surface area contributed by atoms with Gasteiger partial charge in [-0.15, -0.1) is 0 Å². The molecular formula is C14H20N2O2. The van der Waals surface area contributed by atoms with Gasteiger partial charge < -0.3 is 15.4 Å². The van der Waals surface area contributed by atoms with E-state index in [-0.39, 0.29) is 5.91 Å². The van der Waals surface area contributed by atoms with Crippen molar-refractivity contribution in [2.75, 3.05) is 19.4 Å². The number of nitrogen functional groups attached to an aromatic ring is 1. The Balaban J connectivity index is 2.01. The van der Waals surface area contributed by atoms with Gasteiger partial charge in [-0.3, -0.25) is 4.79 Å². The zero-order valence-electron chi connectivity index (χ0n) is 11.0. The number of carbonyl (C=O) groups excluding carboxylic acids is 1. The summed E-state index contributed by atoms with van der Waals surface area (Å²) in [7, 11) is 1.81. The van der Waals surface area contributed by atoms with Crippen LogP contribution in [0.4, 0.5) is 5.69 Å². The highest BCUT2D eigenvalue weighted by Gasteiger charge is 2.39. The number of benzene rings is 1. The molecule has 1 fully saturated rings. The molecule has 0 bridgehead atoms. The summed E-state index contributed by atoms with van der Waals surface area (Å²) in [5, 5.41) is 0. The maximum atomic E-state index is 12.3. The lowest BCUT2D eigenvalue weighted by atomic mass is 10.0. The molecule has 0 aromatic heterocycles. The highest BCUT2D eigenvalue weighted by molar-refractivity contribution is 5.84. The highest BCUT2D eigenvalue weighted by Crippen LogP contribution is 2.27.